The van der Waals surface area contributed by atoms with E-state index in [4.69, 9.17) is 0 Å². The van der Waals surface area contributed by atoms with Gasteiger partial charge in [-0.3, -0.25) is 0 Å². The first-order valence-electron chi connectivity index (χ1n) is 6.21. The van der Waals surface area contributed by atoms with E-state index in [0.717, 1.165) is 17.8 Å². The van der Waals surface area contributed by atoms with Gasteiger partial charge in [-0.15, -0.1) is 11.3 Å². The lowest BCUT2D eigenvalue weighted by Gasteiger charge is -2.06. The summed E-state index contributed by atoms with van der Waals surface area (Å²) < 4.78 is 0. The lowest BCUT2D eigenvalue weighted by molar-refractivity contribution is 1.11. The lowest BCUT2D eigenvalue weighted by atomic mass is 10.0. The van der Waals surface area contributed by atoms with Crippen LogP contribution in [-0.4, -0.2) is 4.98 Å². The third kappa shape index (κ3) is 2.42. The molecule has 17 heavy (non-hydrogen) atoms. The van der Waals surface area contributed by atoms with Crippen LogP contribution < -0.4 is 0 Å². The van der Waals surface area contributed by atoms with E-state index in [9.17, 15) is 0 Å². The fourth-order valence-corrected chi connectivity index (χ4v) is 3.07. The molecule has 2 rings (SSSR count). The molecule has 0 spiro atoms. The number of hydrogen-bond acceptors (Lipinski definition) is 2. The molecule has 0 aliphatic rings. The van der Waals surface area contributed by atoms with Crippen LogP contribution in [0, 0.1) is 13.8 Å². The Morgan fingerprint density at radius 2 is 1.88 bits per heavy atom. The van der Waals surface area contributed by atoms with E-state index >= 15 is 0 Å². The first-order valence-corrected chi connectivity index (χ1v) is 7.03. The molecule has 0 N–H and O–H groups in total. The number of aryl methyl sites for hydroxylation is 4. The second-order valence-electron chi connectivity index (χ2n) is 4.35. The summed E-state index contributed by atoms with van der Waals surface area (Å²) in [4.78, 5) is 6.06. The maximum absolute atomic E-state index is 4.67. The summed E-state index contributed by atoms with van der Waals surface area (Å²) in [6.45, 7) is 8.67. The van der Waals surface area contributed by atoms with E-state index in [1.807, 2.05) is 11.3 Å². The SMILES string of the molecule is CCc1ccc(-c2nc(C)sc2CC)cc1C. The van der Waals surface area contributed by atoms with Gasteiger partial charge in [0.15, 0.2) is 0 Å². The lowest BCUT2D eigenvalue weighted by Crippen LogP contribution is -1.89. The van der Waals surface area contributed by atoms with Gasteiger partial charge in [0.25, 0.3) is 0 Å². The molecule has 1 aromatic carbocycles. The van der Waals surface area contributed by atoms with E-state index in [-0.39, 0.29) is 0 Å². The third-order valence-electron chi connectivity index (χ3n) is 3.12. The highest BCUT2D eigenvalue weighted by atomic mass is 32.1. The van der Waals surface area contributed by atoms with Crippen molar-refractivity contribution in [1.82, 2.24) is 4.98 Å². The monoisotopic (exact) mass is 245 g/mol. The number of nitrogens with zero attached hydrogens (tertiary/aromatic N) is 1. The molecule has 2 heteroatoms. The van der Waals surface area contributed by atoms with Crippen LogP contribution in [0.3, 0.4) is 0 Å². The highest BCUT2D eigenvalue weighted by molar-refractivity contribution is 7.12. The smallest absolute Gasteiger partial charge is 0.0904 e. The number of aromatic nitrogens is 1. The molecule has 0 unspecified atom stereocenters. The highest BCUT2D eigenvalue weighted by Gasteiger charge is 2.10. The second-order valence-corrected chi connectivity index (χ2v) is 5.64. The maximum Gasteiger partial charge on any atom is 0.0904 e. The van der Waals surface area contributed by atoms with Crippen LogP contribution in [0.4, 0.5) is 0 Å². The average molecular weight is 245 g/mol. The highest BCUT2D eigenvalue weighted by Crippen LogP contribution is 2.29. The Hall–Kier alpha value is -1.15. The minimum atomic E-state index is 1.06. The standard InChI is InChI=1S/C15H19NS/c1-5-12-7-8-13(9-10(12)3)15-14(6-2)17-11(4)16-15/h7-9H,5-6H2,1-4H3. The summed E-state index contributed by atoms with van der Waals surface area (Å²) in [7, 11) is 0. The molecule has 0 saturated heterocycles. The van der Waals surface area contributed by atoms with Gasteiger partial charge in [-0.25, -0.2) is 4.98 Å². The van der Waals surface area contributed by atoms with Crippen molar-refractivity contribution >= 4 is 11.3 Å². The molecule has 0 bridgehead atoms. The van der Waals surface area contributed by atoms with Crippen molar-refractivity contribution < 1.29 is 0 Å². The fourth-order valence-electron chi connectivity index (χ4n) is 2.17. The zero-order valence-electron chi connectivity index (χ0n) is 11.0. The van der Waals surface area contributed by atoms with Crippen molar-refractivity contribution in [2.45, 2.75) is 40.5 Å². The van der Waals surface area contributed by atoms with Gasteiger partial charge in [0.1, 0.15) is 0 Å². The van der Waals surface area contributed by atoms with Crippen LogP contribution in [0.15, 0.2) is 18.2 Å². The summed E-state index contributed by atoms with van der Waals surface area (Å²) in [5, 5.41) is 1.16. The number of thiazole rings is 1. The van der Waals surface area contributed by atoms with E-state index in [1.165, 1.54) is 27.3 Å². The Morgan fingerprint density at radius 3 is 2.47 bits per heavy atom. The average Bonchev–Trinajstić information content (AvgIpc) is 2.70. The molecular formula is C15H19NS. The Morgan fingerprint density at radius 1 is 1.12 bits per heavy atom. The number of benzene rings is 1. The molecule has 2 aromatic rings. The van der Waals surface area contributed by atoms with E-state index in [1.54, 1.807) is 0 Å². The molecule has 0 fully saturated rings. The van der Waals surface area contributed by atoms with Gasteiger partial charge in [-0.1, -0.05) is 26.0 Å². The van der Waals surface area contributed by atoms with Crippen LogP contribution in [0.2, 0.25) is 0 Å². The van der Waals surface area contributed by atoms with Gasteiger partial charge >= 0.3 is 0 Å². The zero-order chi connectivity index (χ0) is 12.4. The number of rotatable bonds is 3. The third-order valence-corrected chi connectivity index (χ3v) is 4.24. The molecule has 0 aliphatic heterocycles. The largest absolute Gasteiger partial charge is 0.241 e. The Labute approximate surface area is 108 Å². The minimum Gasteiger partial charge on any atom is -0.241 e. The Bertz CT molecular complexity index is 526. The fraction of sp³-hybridized carbons (Fsp3) is 0.400. The quantitative estimate of drug-likeness (QED) is 0.773. The molecule has 0 radical (unpaired) electrons. The van der Waals surface area contributed by atoms with Crippen LogP contribution in [0.5, 0.6) is 0 Å². The summed E-state index contributed by atoms with van der Waals surface area (Å²) in [5.41, 5.74) is 5.25. The van der Waals surface area contributed by atoms with Gasteiger partial charge < -0.3 is 0 Å². The molecule has 1 aromatic heterocycles. The van der Waals surface area contributed by atoms with Crippen molar-refractivity contribution in [3.8, 4) is 11.3 Å². The van der Waals surface area contributed by atoms with Crippen LogP contribution in [0.25, 0.3) is 11.3 Å². The van der Waals surface area contributed by atoms with Gasteiger partial charge in [0.2, 0.25) is 0 Å². The second kappa shape index (κ2) is 5.01. The van der Waals surface area contributed by atoms with Crippen molar-refractivity contribution in [2.75, 3.05) is 0 Å². The molecule has 1 nitrogen and oxygen atoms in total. The van der Waals surface area contributed by atoms with Crippen molar-refractivity contribution in [1.29, 1.82) is 0 Å². The van der Waals surface area contributed by atoms with Crippen LogP contribution >= 0.6 is 11.3 Å². The summed E-state index contributed by atoms with van der Waals surface area (Å²) in [5.74, 6) is 0. The van der Waals surface area contributed by atoms with E-state index in [0.29, 0.717) is 0 Å². The molecule has 90 valence electrons. The molecule has 1 heterocycles. The maximum atomic E-state index is 4.67. The van der Waals surface area contributed by atoms with Gasteiger partial charge in [-0.2, -0.15) is 0 Å². The molecule has 0 aliphatic carbocycles. The first kappa shape index (κ1) is 12.3. The molecule has 0 atom stereocenters. The number of hydrogen-bond donors (Lipinski definition) is 0. The van der Waals surface area contributed by atoms with E-state index < -0.39 is 0 Å². The summed E-state index contributed by atoms with van der Waals surface area (Å²) >= 11 is 1.81. The molecule has 0 amide bonds. The van der Waals surface area contributed by atoms with E-state index in [2.05, 4.69) is 50.9 Å². The van der Waals surface area contributed by atoms with Gasteiger partial charge in [0.05, 0.1) is 10.7 Å². The zero-order valence-corrected chi connectivity index (χ0v) is 11.8. The van der Waals surface area contributed by atoms with Crippen molar-refractivity contribution in [3.05, 3.63) is 39.2 Å². The Kier molecular flexibility index (Phi) is 3.63. The predicted octanol–water partition coefficient (Wildman–Crippen LogP) is 4.55. The van der Waals surface area contributed by atoms with Gasteiger partial charge in [0, 0.05) is 10.4 Å². The molecule has 0 saturated carbocycles. The normalized spacial score (nSPS) is 10.8. The summed E-state index contributed by atoms with van der Waals surface area (Å²) in [6.07, 6.45) is 2.16. The Balaban J connectivity index is 2.49. The van der Waals surface area contributed by atoms with Crippen molar-refractivity contribution in [3.63, 3.8) is 0 Å². The van der Waals surface area contributed by atoms with Crippen LogP contribution in [-0.2, 0) is 12.8 Å². The van der Waals surface area contributed by atoms with Crippen molar-refractivity contribution in [2.24, 2.45) is 0 Å². The predicted molar refractivity (Wildman–Crippen MR) is 75.8 cm³/mol. The minimum absolute atomic E-state index is 1.06. The van der Waals surface area contributed by atoms with Crippen LogP contribution in [0.1, 0.15) is 34.9 Å². The summed E-state index contributed by atoms with van der Waals surface area (Å²) in [6, 6.07) is 6.71. The first-order chi connectivity index (χ1) is 8.15. The van der Waals surface area contributed by atoms with Gasteiger partial charge in [-0.05, 0) is 43.9 Å². The molecular weight excluding hydrogens is 226 g/mol. The topological polar surface area (TPSA) is 12.9 Å².